The van der Waals surface area contributed by atoms with Gasteiger partial charge in [-0.3, -0.25) is 9.59 Å². The fourth-order valence-electron chi connectivity index (χ4n) is 4.04. The molecule has 0 aliphatic carbocycles. The number of ether oxygens (including phenoxy) is 1. The lowest BCUT2D eigenvalue weighted by Gasteiger charge is -2.34. The first-order valence-corrected chi connectivity index (χ1v) is 10.8. The molecule has 1 aliphatic rings. The molecule has 1 N–H and O–H groups in total. The fourth-order valence-corrected chi connectivity index (χ4v) is 4.04. The maximum Gasteiger partial charge on any atom is 0.387 e. The lowest BCUT2D eigenvalue weighted by Crippen LogP contribution is -2.49. The van der Waals surface area contributed by atoms with Crippen LogP contribution in [0.5, 0.6) is 5.75 Å². The number of furan rings is 1. The van der Waals surface area contributed by atoms with Gasteiger partial charge in [0.1, 0.15) is 11.8 Å². The number of carbonyl (C=O) groups excluding carboxylic acids is 2. The summed E-state index contributed by atoms with van der Waals surface area (Å²) in [4.78, 5) is 27.4. The van der Waals surface area contributed by atoms with E-state index in [1.54, 1.807) is 18.2 Å². The predicted molar refractivity (Wildman–Crippen MR) is 118 cm³/mol. The number of likely N-dealkylation sites (tertiary alicyclic amines) is 1. The third-order valence-electron chi connectivity index (χ3n) is 5.58. The molecule has 0 radical (unpaired) electrons. The van der Waals surface area contributed by atoms with Gasteiger partial charge in [-0.15, -0.1) is 0 Å². The summed E-state index contributed by atoms with van der Waals surface area (Å²) in [5.41, 5.74) is 1.89. The molecule has 0 saturated carbocycles. The third-order valence-corrected chi connectivity index (χ3v) is 5.58. The van der Waals surface area contributed by atoms with Crippen molar-refractivity contribution in [3.8, 4) is 5.75 Å². The molecule has 3 aromatic rings. The molecule has 1 fully saturated rings. The van der Waals surface area contributed by atoms with Crippen molar-refractivity contribution in [1.29, 1.82) is 0 Å². The lowest BCUT2D eigenvalue weighted by molar-refractivity contribution is -0.121. The van der Waals surface area contributed by atoms with Crippen molar-refractivity contribution >= 4 is 17.5 Å². The highest BCUT2D eigenvalue weighted by Gasteiger charge is 2.33. The van der Waals surface area contributed by atoms with Crippen LogP contribution in [0.4, 0.5) is 14.5 Å². The molecule has 172 valence electrons. The number of rotatable bonds is 7. The second-order valence-corrected chi connectivity index (χ2v) is 7.84. The highest BCUT2D eigenvalue weighted by Crippen LogP contribution is 2.28. The Morgan fingerprint density at radius 2 is 1.91 bits per heavy atom. The maximum absolute atomic E-state index is 13.1. The van der Waals surface area contributed by atoms with Crippen LogP contribution in [0.2, 0.25) is 0 Å². The van der Waals surface area contributed by atoms with Crippen LogP contribution in [0.15, 0.2) is 71.3 Å². The van der Waals surface area contributed by atoms with Crippen molar-refractivity contribution in [3.05, 3.63) is 83.8 Å². The van der Waals surface area contributed by atoms with Crippen molar-refractivity contribution in [2.24, 2.45) is 0 Å². The monoisotopic (exact) mass is 454 g/mol. The van der Waals surface area contributed by atoms with Gasteiger partial charge in [0.25, 0.3) is 5.91 Å². The van der Waals surface area contributed by atoms with Gasteiger partial charge in [0.2, 0.25) is 5.91 Å². The number of alkyl halides is 2. The van der Waals surface area contributed by atoms with Crippen molar-refractivity contribution in [2.45, 2.75) is 38.3 Å². The standard InChI is InChI=1S/C25H24F2N2O4/c26-25(27)33-21-12-11-19(16-18(21)15-17-7-2-1-3-8-17)28-23(30)20-9-4-5-13-29(20)24(31)22-10-6-14-32-22/h1-3,6-8,10-12,14,16,20,25H,4-5,9,13,15H2,(H,28,30). The van der Waals surface area contributed by atoms with Crippen LogP contribution in [0.3, 0.4) is 0 Å². The van der Waals surface area contributed by atoms with E-state index in [9.17, 15) is 18.4 Å². The van der Waals surface area contributed by atoms with Crippen LogP contribution in [0.1, 0.15) is 40.9 Å². The number of hydrogen-bond acceptors (Lipinski definition) is 4. The molecule has 6 nitrogen and oxygen atoms in total. The molecule has 1 aromatic heterocycles. The predicted octanol–water partition coefficient (Wildman–Crippen LogP) is 5.11. The Hall–Kier alpha value is -3.68. The van der Waals surface area contributed by atoms with Gasteiger partial charge in [-0.25, -0.2) is 0 Å². The molecule has 33 heavy (non-hydrogen) atoms. The number of nitrogens with zero attached hydrogens (tertiary/aromatic N) is 1. The van der Waals surface area contributed by atoms with Crippen LogP contribution < -0.4 is 10.1 Å². The highest BCUT2D eigenvalue weighted by atomic mass is 19.3. The molecule has 2 heterocycles. The van der Waals surface area contributed by atoms with Gasteiger partial charge in [-0.05, 0) is 55.2 Å². The molecule has 1 atom stereocenters. The number of halogens is 2. The quantitative estimate of drug-likeness (QED) is 0.539. The first-order valence-electron chi connectivity index (χ1n) is 10.8. The van der Waals surface area contributed by atoms with Crippen LogP contribution in [0, 0.1) is 0 Å². The average molecular weight is 454 g/mol. The van der Waals surface area contributed by atoms with Gasteiger partial charge in [-0.1, -0.05) is 30.3 Å². The number of hydrogen-bond donors (Lipinski definition) is 1. The van der Waals surface area contributed by atoms with Crippen molar-refractivity contribution in [2.75, 3.05) is 11.9 Å². The average Bonchev–Trinajstić information content (AvgIpc) is 3.36. The summed E-state index contributed by atoms with van der Waals surface area (Å²) in [5.74, 6) is -0.416. The zero-order valence-electron chi connectivity index (χ0n) is 17.9. The van der Waals surface area contributed by atoms with E-state index in [-0.39, 0.29) is 23.3 Å². The Bertz CT molecular complexity index is 1090. The Labute approximate surface area is 190 Å². The molecule has 8 heteroatoms. The van der Waals surface area contributed by atoms with Gasteiger partial charge in [-0.2, -0.15) is 8.78 Å². The number of carbonyl (C=O) groups is 2. The SMILES string of the molecule is O=C(Nc1ccc(OC(F)F)c(Cc2ccccc2)c1)C1CCCCN1C(=O)c1ccco1. The summed E-state index contributed by atoms with van der Waals surface area (Å²) >= 11 is 0. The van der Waals surface area contributed by atoms with Crippen LogP contribution >= 0.6 is 0 Å². The van der Waals surface area contributed by atoms with Crippen LogP contribution in [-0.2, 0) is 11.2 Å². The summed E-state index contributed by atoms with van der Waals surface area (Å²) in [6.45, 7) is -2.50. The van der Waals surface area contributed by atoms with Crippen molar-refractivity contribution in [1.82, 2.24) is 4.90 Å². The van der Waals surface area contributed by atoms with E-state index in [1.165, 1.54) is 23.3 Å². The minimum atomic E-state index is -2.96. The van der Waals surface area contributed by atoms with E-state index in [1.807, 2.05) is 30.3 Å². The van der Waals surface area contributed by atoms with E-state index in [0.717, 1.165) is 18.4 Å². The largest absolute Gasteiger partial charge is 0.459 e. The lowest BCUT2D eigenvalue weighted by atomic mass is 10.00. The summed E-state index contributed by atoms with van der Waals surface area (Å²) in [6, 6.07) is 16.5. The second kappa shape index (κ2) is 10.3. The van der Waals surface area contributed by atoms with Gasteiger partial charge < -0.3 is 19.4 Å². The molecule has 4 rings (SSSR count). The molecule has 1 unspecified atom stereocenters. The zero-order valence-corrected chi connectivity index (χ0v) is 17.9. The Morgan fingerprint density at radius 1 is 1.09 bits per heavy atom. The minimum Gasteiger partial charge on any atom is -0.459 e. The maximum atomic E-state index is 13.1. The number of piperidine rings is 1. The Morgan fingerprint density at radius 3 is 2.64 bits per heavy atom. The number of nitrogens with one attached hydrogen (secondary N) is 1. The van der Waals surface area contributed by atoms with E-state index >= 15 is 0 Å². The summed E-state index contributed by atoms with van der Waals surface area (Å²) < 4.78 is 35.7. The zero-order chi connectivity index (χ0) is 23.2. The normalized spacial score (nSPS) is 16.0. The van der Waals surface area contributed by atoms with Crippen molar-refractivity contribution < 1.29 is 27.5 Å². The second-order valence-electron chi connectivity index (χ2n) is 7.84. The van der Waals surface area contributed by atoms with E-state index in [2.05, 4.69) is 10.1 Å². The molecule has 0 spiro atoms. The summed E-state index contributed by atoms with van der Waals surface area (Å²) in [6.07, 6.45) is 3.93. The molecule has 0 bridgehead atoms. The van der Waals surface area contributed by atoms with Crippen LogP contribution in [-0.4, -0.2) is 35.9 Å². The molecular formula is C25H24F2N2O4. The number of anilines is 1. The highest BCUT2D eigenvalue weighted by molar-refractivity contribution is 6.00. The Balaban J connectivity index is 1.53. The minimum absolute atomic E-state index is 0.0548. The molecular weight excluding hydrogens is 430 g/mol. The molecule has 1 saturated heterocycles. The van der Waals surface area contributed by atoms with E-state index < -0.39 is 12.7 Å². The summed E-state index contributed by atoms with van der Waals surface area (Å²) in [7, 11) is 0. The number of benzene rings is 2. The smallest absolute Gasteiger partial charge is 0.387 e. The van der Waals surface area contributed by atoms with Gasteiger partial charge in [0.15, 0.2) is 5.76 Å². The first kappa shape index (κ1) is 22.5. The van der Waals surface area contributed by atoms with Gasteiger partial charge >= 0.3 is 6.61 Å². The molecule has 1 aliphatic heterocycles. The number of amides is 2. The van der Waals surface area contributed by atoms with Crippen LogP contribution in [0.25, 0.3) is 0 Å². The first-order chi connectivity index (χ1) is 16.0. The fraction of sp³-hybridized carbons (Fsp3) is 0.280. The van der Waals surface area contributed by atoms with Gasteiger partial charge in [0.05, 0.1) is 6.26 Å². The molecule has 2 amide bonds. The topological polar surface area (TPSA) is 71.8 Å². The third kappa shape index (κ3) is 5.58. The van der Waals surface area contributed by atoms with E-state index in [4.69, 9.17) is 4.42 Å². The summed E-state index contributed by atoms with van der Waals surface area (Å²) in [5, 5.41) is 2.84. The molecule has 2 aromatic carbocycles. The Kier molecular flexibility index (Phi) is 7.02. The van der Waals surface area contributed by atoms with Crippen molar-refractivity contribution in [3.63, 3.8) is 0 Å². The van der Waals surface area contributed by atoms with Gasteiger partial charge in [0, 0.05) is 24.2 Å². The van der Waals surface area contributed by atoms with E-state index in [0.29, 0.717) is 30.6 Å².